The van der Waals surface area contributed by atoms with Crippen LogP contribution in [-0.2, 0) is 11.3 Å². The second-order valence-electron chi connectivity index (χ2n) is 7.17. The van der Waals surface area contributed by atoms with E-state index in [1.54, 1.807) is 0 Å². The van der Waals surface area contributed by atoms with Crippen molar-refractivity contribution in [2.24, 2.45) is 16.1 Å². The van der Waals surface area contributed by atoms with Gasteiger partial charge in [0.15, 0.2) is 0 Å². The Bertz CT molecular complexity index is 627. The van der Waals surface area contributed by atoms with E-state index in [1.165, 1.54) is 44.5 Å². The Morgan fingerprint density at radius 1 is 1.20 bits per heavy atom. The summed E-state index contributed by atoms with van der Waals surface area (Å²) in [5.41, 5.74) is 3.63. The number of piperidine rings is 1. The molecule has 3 rings (SSSR count). The SMILES string of the molecule is C=N/N=C(\OCc1ccc(N2CCCCC2)cc1)C1=CCCC(C)C1. The minimum absolute atomic E-state index is 0.514. The molecule has 0 aromatic heterocycles. The molecule has 0 spiro atoms. The first-order valence-corrected chi connectivity index (χ1v) is 9.46. The standard InChI is InChI=1S/C21H29N3O/c1-17-7-6-8-19(15-17)21(23-22-2)25-16-18-9-11-20(12-10-18)24-13-4-3-5-14-24/h8-12,17H,2-7,13-16H2,1H3/b23-21-. The second-order valence-corrected chi connectivity index (χ2v) is 7.17. The van der Waals surface area contributed by atoms with Crippen molar-refractivity contribution in [3.05, 3.63) is 41.5 Å². The maximum absolute atomic E-state index is 5.98. The fourth-order valence-corrected chi connectivity index (χ4v) is 3.63. The molecule has 1 unspecified atom stereocenters. The second kappa shape index (κ2) is 8.84. The first-order valence-electron chi connectivity index (χ1n) is 9.46. The largest absolute Gasteiger partial charge is 0.472 e. The number of hydrogen-bond acceptors (Lipinski definition) is 4. The van der Waals surface area contributed by atoms with Gasteiger partial charge < -0.3 is 9.64 Å². The maximum Gasteiger partial charge on any atom is 0.236 e. The molecule has 1 aromatic carbocycles. The smallest absolute Gasteiger partial charge is 0.236 e. The highest BCUT2D eigenvalue weighted by atomic mass is 16.5. The average molecular weight is 339 g/mol. The lowest BCUT2D eigenvalue weighted by Gasteiger charge is -2.28. The summed E-state index contributed by atoms with van der Waals surface area (Å²) in [6.07, 6.45) is 9.50. The predicted molar refractivity (Wildman–Crippen MR) is 105 cm³/mol. The summed E-state index contributed by atoms with van der Waals surface area (Å²) in [6, 6.07) is 8.71. The molecule has 1 saturated heterocycles. The molecule has 1 fully saturated rings. The molecule has 0 N–H and O–H groups in total. The average Bonchev–Trinajstić information content (AvgIpc) is 2.66. The zero-order valence-electron chi connectivity index (χ0n) is 15.3. The first kappa shape index (κ1) is 17.7. The van der Waals surface area contributed by atoms with Crippen molar-refractivity contribution in [1.29, 1.82) is 0 Å². The molecule has 4 heteroatoms. The Balaban J connectivity index is 1.60. The molecule has 0 amide bonds. The molecule has 1 aliphatic heterocycles. The third-order valence-electron chi connectivity index (χ3n) is 5.09. The van der Waals surface area contributed by atoms with E-state index in [9.17, 15) is 0 Å². The number of rotatable bonds is 5. The van der Waals surface area contributed by atoms with Crippen LogP contribution in [-0.4, -0.2) is 25.7 Å². The molecule has 0 saturated carbocycles. The van der Waals surface area contributed by atoms with Gasteiger partial charge in [-0.3, -0.25) is 0 Å². The molecule has 4 nitrogen and oxygen atoms in total. The molecule has 2 aliphatic rings. The lowest BCUT2D eigenvalue weighted by atomic mass is 9.90. The van der Waals surface area contributed by atoms with Crippen LogP contribution in [0, 0.1) is 5.92 Å². The fraction of sp³-hybridized carbons (Fsp3) is 0.524. The van der Waals surface area contributed by atoms with Crippen LogP contribution in [0.3, 0.4) is 0 Å². The van der Waals surface area contributed by atoms with Crippen molar-refractivity contribution >= 4 is 18.3 Å². The van der Waals surface area contributed by atoms with E-state index in [4.69, 9.17) is 4.74 Å². The minimum atomic E-state index is 0.514. The molecule has 0 radical (unpaired) electrons. The molecule has 1 aromatic rings. The third-order valence-corrected chi connectivity index (χ3v) is 5.09. The van der Waals surface area contributed by atoms with Gasteiger partial charge in [-0.2, -0.15) is 5.10 Å². The van der Waals surface area contributed by atoms with E-state index in [-0.39, 0.29) is 0 Å². The minimum Gasteiger partial charge on any atom is -0.472 e. The Kier molecular flexibility index (Phi) is 6.26. The summed E-state index contributed by atoms with van der Waals surface area (Å²) < 4.78 is 5.98. The Labute approximate surface area is 151 Å². The van der Waals surface area contributed by atoms with Crippen LogP contribution in [0.1, 0.15) is 51.0 Å². The summed E-state index contributed by atoms with van der Waals surface area (Å²) in [5.74, 6) is 1.30. The lowest BCUT2D eigenvalue weighted by molar-refractivity contribution is 0.288. The normalized spacial score (nSPS) is 21.6. The molecule has 134 valence electrons. The van der Waals surface area contributed by atoms with Crippen LogP contribution < -0.4 is 4.90 Å². The van der Waals surface area contributed by atoms with Crippen molar-refractivity contribution < 1.29 is 4.74 Å². The highest BCUT2D eigenvalue weighted by Crippen LogP contribution is 2.25. The zero-order chi connectivity index (χ0) is 17.5. The molecule has 1 atom stereocenters. The van der Waals surface area contributed by atoms with Gasteiger partial charge >= 0.3 is 0 Å². The van der Waals surface area contributed by atoms with Gasteiger partial charge in [0.1, 0.15) is 6.61 Å². The van der Waals surface area contributed by atoms with Gasteiger partial charge in [-0.1, -0.05) is 25.1 Å². The Morgan fingerprint density at radius 3 is 2.64 bits per heavy atom. The van der Waals surface area contributed by atoms with Crippen LogP contribution in [0.4, 0.5) is 5.69 Å². The van der Waals surface area contributed by atoms with Crippen molar-refractivity contribution in [1.82, 2.24) is 0 Å². The monoisotopic (exact) mass is 339 g/mol. The fourth-order valence-electron chi connectivity index (χ4n) is 3.63. The van der Waals surface area contributed by atoms with Crippen molar-refractivity contribution in [2.45, 2.75) is 52.1 Å². The number of anilines is 1. The van der Waals surface area contributed by atoms with Gasteiger partial charge in [-0.15, -0.1) is 5.10 Å². The summed E-state index contributed by atoms with van der Waals surface area (Å²) in [7, 11) is 0. The first-order chi connectivity index (χ1) is 12.3. The predicted octanol–water partition coefficient (Wildman–Crippen LogP) is 4.95. The van der Waals surface area contributed by atoms with E-state index in [0.717, 1.165) is 24.0 Å². The summed E-state index contributed by atoms with van der Waals surface area (Å²) in [5, 5.41) is 7.81. The number of allylic oxidation sites excluding steroid dienone is 1. The number of hydrogen-bond donors (Lipinski definition) is 0. The van der Waals surface area contributed by atoms with E-state index in [0.29, 0.717) is 18.4 Å². The van der Waals surface area contributed by atoms with E-state index in [1.807, 2.05) is 0 Å². The number of benzene rings is 1. The summed E-state index contributed by atoms with van der Waals surface area (Å²) >= 11 is 0. The van der Waals surface area contributed by atoms with Crippen LogP contribution >= 0.6 is 0 Å². The Hall–Kier alpha value is -2.10. The van der Waals surface area contributed by atoms with Gasteiger partial charge in [0.05, 0.1) is 0 Å². The summed E-state index contributed by atoms with van der Waals surface area (Å²) in [6.45, 7) is 8.61. The van der Waals surface area contributed by atoms with Crippen molar-refractivity contribution in [2.75, 3.05) is 18.0 Å². The van der Waals surface area contributed by atoms with Gasteiger partial charge in [-0.25, -0.2) is 0 Å². The molecular weight excluding hydrogens is 310 g/mol. The summed E-state index contributed by atoms with van der Waals surface area (Å²) in [4.78, 5) is 2.47. The quantitative estimate of drug-likeness (QED) is 0.432. The van der Waals surface area contributed by atoms with Crippen molar-refractivity contribution in [3.8, 4) is 0 Å². The Morgan fingerprint density at radius 2 is 1.96 bits per heavy atom. The van der Waals surface area contributed by atoms with Crippen LogP contribution in [0.25, 0.3) is 0 Å². The van der Waals surface area contributed by atoms with Gasteiger partial charge in [0, 0.05) is 31.1 Å². The van der Waals surface area contributed by atoms with Gasteiger partial charge in [-0.05, 0) is 62.1 Å². The number of nitrogens with zero attached hydrogens (tertiary/aromatic N) is 3. The highest BCUT2D eigenvalue weighted by Gasteiger charge is 2.17. The topological polar surface area (TPSA) is 37.2 Å². The lowest BCUT2D eigenvalue weighted by Crippen LogP contribution is -2.29. The van der Waals surface area contributed by atoms with Gasteiger partial charge in [0.2, 0.25) is 5.90 Å². The van der Waals surface area contributed by atoms with Gasteiger partial charge in [0.25, 0.3) is 0 Å². The van der Waals surface area contributed by atoms with Crippen LogP contribution in [0.15, 0.2) is 46.1 Å². The van der Waals surface area contributed by atoms with E-state index >= 15 is 0 Å². The van der Waals surface area contributed by atoms with Crippen molar-refractivity contribution in [3.63, 3.8) is 0 Å². The van der Waals surface area contributed by atoms with E-state index < -0.39 is 0 Å². The highest BCUT2D eigenvalue weighted by molar-refractivity contribution is 5.93. The van der Waals surface area contributed by atoms with Crippen LogP contribution in [0.5, 0.6) is 0 Å². The zero-order valence-corrected chi connectivity index (χ0v) is 15.3. The molecule has 1 aliphatic carbocycles. The molecular formula is C21H29N3O. The van der Waals surface area contributed by atoms with E-state index in [2.05, 4.69) is 59.1 Å². The van der Waals surface area contributed by atoms with Crippen LogP contribution in [0.2, 0.25) is 0 Å². The number of ether oxygens (including phenoxy) is 1. The third kappa shape index (κ3) is 4.94. The molecule has 25 heavy (non-hydrogen) atoms. The maximum atomic E-state index is 5.98. The molecule has 1 heterocycles. The molecule has 0 bridgehead atoms.